The normalized spacial score (nSPS) is 14.1. The number of non-ortho nitro benzene ring substituents is 1. The second-order valence-electron chi connectivity index (χ2n) is 8.37. The van der Waals surface area contributed by atoms with Crippen LogP contribution in [0.25, 0.3) is 6.08 Å². The molecule has 0 radical (unpaired) electrons. The van der Waals surface area contributed by atoms with Crippen LogP contribution in [-0.4, -0.2) is 44.1 Å². The van der Waals surface area contributed by atoms with E-state index in [2.05, 4.69) is 5.32 Å². The molecule has 1 N–H and O–H groups in total. The van der Waals surface area contributed by atoms with E-state index in [0.717, 1.165) is 4.90 Å². The van der Waals surface area contributed by atoms with Gasteiger partial charge in [0, 0.05) is 24.3 Å². The standard InChI is InChI=1S/C27H21ClIN3O9/c1-38-21-12-20(22(39-2)11-18(21)28)31-26(34)17(25(33)30-27(31)35)8-15-9-19(29)24(23(10-15)40-3)41-13-14-5-4-6-16(7-14)32(36)37/h4-12H,13H2,1-3H3,(H,30,33,35)/b17-8+. The Bertz CT molecular complexity index is 1610. The van der Waals surface area contributed by atoms with Gasteiger partial charge in [0.2, 0.25) is 0 Å². The zero-order valence-corrected chi connectivity index (χ0v) is 24.6. The van der Waals surface area contributed by atoms with Gasteiger partial charge >= 0.3 is 6.03 Å². The van der Waals surface area contributed by atoms with Gasteiger partial charge < -0.3 is 18.9 Å². The monoisotopic (exact) mass is 693 g/mol. The third-order valence-corrected chi connectivity index (χ3v) is 6.96. The maximum atomic E-state index is 13.5. The first-order valence-electron chi connectivity index (χ1n) is 11.6. The molecule has 0 bridgehead atoms. The first-order valence-corrected chi connectivity index (χ1v) is 13.1. The summed E-state index contributed by atoms with van der Waals surface area (Å²) < 4.78 is 22.5. The number of rotatable bonds is 9. The number of nitro groups is 1. The highest BCUT2D eigenvalue weighted by atomic mass is 127. The zero-order chi connectivity index (χ0) is 29.8. The highest BCUT2D eigenvalue weighted by Crippen LogP contribution is 2.40. The number of nitrogens with zero attached hydrogens (tertiary/aromatic N) is 2. The molecular formula is C27H21ClIN3O9. The van der Waals surface area contributed by atoms with Gasteiger partial charge in [0.05, 0.1) is 40.5 Å². The largest absolute Gasteiger partial charge is 0.495 e. The molecule has 12 nitrogen and oxygen atoms in total. The lowest BCUT2D eigenvalue weighted by molar-refractivity contribution is -0.384. The van der Waals surface area contributed by atoms with Gasteiger partial charge in [0.1, 0.15) is 23.7 Å². The van der Waals surface area contributed by atoms with Crippen molar-refractivity contribution in [2.75, 3.05) is 26.2 Å². The molecule has 3 aromatic carbocycles. The SMILES string of the molecule is COc1cc(N2C(=O)NC(=O)/C(=C\c3cc(I)c(OCc4cccc([N+](=O)[O-])c4)c(OC)c3)C2=O)c(OC)cc1Cl. The number of amides is 4. The molecule has 1 saturated heterocycles. The lowest BCUT2D eigenvalue weighted by Crippen LogP contribution is -2.54. The zero-order valence-electron chi connectivity index (χ0n) is 21.7. The molecule has 3 aromatic rings. The number of anilines is 1. The molecule has 0 unspecified atom stereocenters. The number of nitro benzene ring substituents is 1. The fourth-order valence-electron chi connectivity index (χ4n) is 3.94. The second-order valence-corrected chi connectivity index (χ2v) is 9.94. The van der Waals surface area contributed by atoms with Crippen LogP contribution in [-0.2, 0) is 16.2 Å². The van der Waals surface area contributed by atoms with Gasteiger partial charge in [-0.15, -0.1) is 0 Å². The summed E-state index contributed by atoms with van der Waals surface area (Å²) in [7, 11) is 4.13. The minimum absolute atomic E-state index is 0.0201. The maximum Gasteiger partial charge on any atom is 0.336 e. The minimum atomic E-state index is -0.975. The number of halogens is 2. The van der Waals surface area contributed by atoms with E-state index in [1.165, 1.54) is 51.7 Å². The van der Waals surface area contributed by atoms with E-state index >= 15 is 0 Å². The van der Waals surface area contributed by atoms with E-state index in [0.29, 0.717) is 20.4 Å². The maximum absolute atomic E-state index is 13.5. The summed E-state index contributed by atoms with van der Waals surface area (Å²) in [6.07, 6.45) is 1.31. The summed E-state index contributed by atoms with van der Waals surface area (Å²) in [4.78, 5) is 50.3. The number of imide groups is 2. The van der Waals surface area contributed by atoms with Crippen molar-refractivity contribution in [3.05, 3.63) is 83.9 Å². The van der Waals surface area contributed by atoms with Crippen molar-refractivity contribution in [1.29, 1.82) is 0 Å². The average molecular weight is 694 g/mol. The predicted octanol–water partition coefficient (Wildman–Crippen LogP) is 5.12. The van der Waals surface area contributed by atoms with E-state index in [9.17, 15) is 24.5 Å². The van der Waals surface area contributed by atoms with Crippen LogP contribution in [0.3, 0.4) is 0 Å². The molecule has 212 valence electrons. The highest BCUT2D eigenvalue weighted by molar-refractivity contribution is 14.1. The Morgan fingerprint density at radius 1 is 1.00 bits per heavy atom. The summed E-state index contributed by atoms with van der Waals surface area (Å²) in [5.41, 5.74) is 0.608. The Morgan fingerprint density at radius 3 is 2.37 bits per heavy atom. The van der Waals surface area contributed by atoms with Gasteiger partial charge in [0.25, 0.3) is 17.5 Å². The number of carbonyl (C=O) groups is 3. The Morgan fingerprint density at radius 2 is 1.71 bits per heavy atom. The molecule has 1 heterocycles. The van der Waals surface area contributed by atoms with Crippen LogP contribution in [0.2, 0.25) is 5.02 Å². The molecule has 0 spiro atoms. The summed E-state index contributed by atoms with van der Waals surface area (Å²) in [6, 6.07) is 11.0. The first-order chi connectivity index (χ1) is 19.6. The van der Waals surface area contributed by atoms with Crippen LogP contribution < -0.4 is 29.2 Å². The van der Waals surface area contributed by atoms with Crippen LogP contribution in [0, 0.1) is 13.7 Å². The molecule has 4 rings (SSSR count). The van der Waals surface area contributed by atoms with Gasteiger partial charge in [-0.3, -0.25) is 25.0 Å². The molecule has 1 aliphatic heterocycles. The number of benzene rings is 3. The molecule has 0 aromatic heterocycles. The lowest BCUT2D eigenvalue weighted by Gasteiger charge is -2.28. The third kappa shape index (κ3) is 6.20. The molecule has 0 atom stereocenters. The number of hydrogen-bond donors (Lipinski definition) is 1. The number of urea groups is 1. The van der Waals surface area contributed by atoms with Gasteiger partial charge in [-0.1, -0.05) is 23.7 Å². The van der Waals surface area contributed by atoms with E-state index in [1.54, 1.807) is 24.3 Å². The summed E-state index contributed by atoms with van der Waals surface area (Å²) in [6.45, 7) is 0.0266. The van der Waals surface area contributed by atoms with Crippen LogP contribution in [0.5, 0.6) is 23.0 Å². The van der Waals surface area contributed by atoms with Crippen molar-refractivity contribution < 1.29 is 38.3 Å². The summed E-state index contributed by atoms with van der Waals surface area (Å²) in [5, 5.41) is 13.4. The second kappa shape index (κ2) is 12.4. The van der Waals surface area contributed by atoms with Crippen molar-refractivity contribution in [3.63, 3.8) is 0 Å². The summed E-state index contributed by atoms with van der Waals surface area (Å²) >= 11 is 8.16. The Kier molecular flexibility index (Phi) is 8.98. The Hall–Kier alpha value is -4.37. The summed E-state index contributed by atoms with van der Waals surface area (Å²) in [5.74, 6) is -0.858. The van der Waals surface area contributed by atoms with Crippen molar-refractivity contribution in [2.45, 2.75) is 6.61 Å². The van der Waals surface area contributed by atoms with E-state index in [4.69, 9.17) is 30.5 Å². The number of carbonyl (C=O) groups excluding carboxylic acids is 3. The van der Waals surface area contributed by atoms with Crippen LogP contribution in [0.15, 0.2) is 54.1 Å². The van der Waals surface area contributed by atoms with Crippen LogP contribution in [0.4, 0.5) is 16.2 Å². The number of nitrogens with one attached hydrogen (secondary N) is 1. The fourth-order valence-corrected chi connectivity index (χ4v) is 4.95. The molecule has 4 amide bonds. The number of barbiturate groups is 1. The van der Waals surface area contributed by atoms with Gasteiger partial charge in [-0.25, -0.2) is 9.69 Å². The van der Waals surface area contributed by atoms with Gasteiger partial charge in [-0.2, -0.15) is 0 Å². The molecule has 14 heteroatoms. The molecule has 1 fully saturated rings. The van der Waals surface area contributed by atoms with E-state index in [-0.39, 0.29) is 45.8 Å². The van der Waals surface area contributed by atoms with E-state index in [1.807, 2.05) is 22.6 Å². The fraction of sp³-hybridized carbons (Fsp3) is 0.148. The molecule has 1 aliphatic rings. The Labute approximate surface area is 252 Å². The quantitative estimate of drug-likeness (QED) is 0.106. The van der Waals surface area contributed by atoms with Crippen LogP contribution in [0.1, 0.15) is 11.1 Å². The third-order valence-electron chi connectivity index (χ3n) is 5.86. The molecule has 0 aliphatic carbocycles. The predicted molar refractivity (Wildman–Crippen MR) is 157 cm³/mol. The molecule has 0 saturated carbocycles. The smallest absolute Gasteiger partial charge is 0.336 e. The number of hydrogen-bond acceptors (Lipinski definition) is 9. The number of methoxy groups -OCH3 is 3. The number of ether oxygens (including phenoxy) is 4. The van der Waals surface area contributed by atoms with Crippen LogP contribution >= 0.6 is 34.2 Å². The minimum Gasteiger partial charge on any atom is -0.495 e. The average Bonchev–Trinajstić information content (AvgIpc) is 2.94. The highest BCUT2D eigenvalue weighted by Gasteiger charge is 2.38. The van der Waals surface area contributed by atoms with E-state index < -0.39 is 22.8 Å². The van der Waals surface area contributed by atoms with Crippen molar-refractivity contribution in [1.82, 2.24) is 5.32 Å². The first kappa shape index (κ1) is 29.6. The lowest BCUT2D eigenvalue weighted by atomic mass is 10.1. The van der Waals surface area contributed by atoms with Crippen molar-refractivity contribution in [3.8, 4) is 23.0 Å². The Balaban J connectivity index is 1.67. The molecule has 41 heavy (non-hydrogen) atoms. The van der Waals surface area contributed by atoms with Crippen molar-refractivity contribution in [2.24, 2.45) is 0 Å². The van der Waals surface area contributed by atoms with Gasteiger partial charge in [-0.05, 0) is 51.9 Å². The molecular weight excluding hydrogens is 673 g/mol. The van der Waals surface area contributed by atoms with Gasteiger partial charge in [0.15, 0.2) is 11.5 Å². The topological polar surface area (TPSA) is 147 Å². The van der Waals surface area contributed by atoms with Crippen molar-refractivity contribution >= 4 is 69.5 Å².